The molecule has 0 radical (unpaired) electrons. The van der Waals surface area contributed by atoms with Gasteiger partial charge in [-0.2, -0.15) is 0 Å². The molecular weight excluding hydrogens is 305 g/mol. The first-order chi connectivity index (χ1) is 9.37. The van der Waals surface area contributed by atoms with Gasteiger partial charge in [-0.3, -0.25) is 9.52 Å². The number of benzene rings is 1. The Morgan fingerprint density at radius 3 is 2.70 bits per heavy atom. The van der Waals surface area contributed by atoms with Crippen molar-refractivity contribution in [2.45, 2.75) is 10.6 Å². The Morgan fingerprint density at radius 1 is 1.30 bits per heavy atom. The zero-order chi connectivity index (χ0) is 14.8. The number of nitrogens with one attached hydrogen (secondary N) is 1. The van der Waals surface area contributed by atoms with Crippen LogP contribution in [0.3, 0.4) is 0 Å². The van der Waals surface area contributed by atoms with Crippen molar-refractivity contribution < 1.29 is 22.7 Å². The summed E-state index contributed by atoms with van der Waals surface area (Å²) in [6.07, 6.45) is -0.236. The highest BCUT2D eigenvalue weighted by atomic mass is 32.2. The highest BCUT2D eigenvalue weighted by Gasteiger charge is 2.18. The quantitative estimate of drug-likeness (QED) is 0.887. The van der Waals surface area contributed by atoms with Gasteiger partial charge in [0.25, 0.3) is 10.0 Å². The minimum Gasteiger partial charge on any atom is -0.481 e. The second-order valence-electron chi connectivity index (χ2n) is 3.91. The average Bonchev–Trinajstić information content (AvgIpc) is 2.76. The van der Waals surface area contributed by atoms with Crippen LogP contribution in [0.4, 0.5) is 10.1 Å². The molecule has 0 saturated carbocycles. The lowest BCUT2D eigenvalue weighted by atomic mass is 10.3. The van der Waals surface area contributed by atoms with Gasteiger partial charge in [-0.1, -0.05) is 6.07 Å². The fraction of sp³-hybridized carbons (Fsp3) is 0.0833. The van der Waals surface area contributed by atoms with Gasteiger partial charge in [-0.25, -0.2) is 12.8 Å². The Labute approximate surface area is 118 Å². The van der Waals surface area contributed by atoms with E-state index in [1.54, 1.807) is 0 Å². The van der Waals surface area contributed by atoms with Crippen LogP contribution in [0.5, 0.6) is 0 Å². The molecule has 0 bridgehead atoms. The molecule has 0 saturated heterocycles. The first kappa shape index (κ1) is 14.5. The molecule has 0 unspecified atom stereocenters. The third-order valence-corrected chi connectivity index (χ3v) is 5.26. The third kappa shape index (κ3) is 3.55. The fourth-order valence-corrected chi connectivity index (χ4v) is 3.90. The van der Waals surface area contributed by atoms with E-state index in [1.807, 2.05) is 0 Å². The standard InChI is InChI=1S/C12H10FNO4S2/c13-8-2-1-3-9(6-8)14-20(17,18)12-5-4-10(19-12)7-11(15)16/h1-6,14H,7H2,(H,15,16). The van der Waals surface area contributed by atoms with Crippen LogP contribution in [0, 0.1) is 5.82 Å². The summed E-state index contributed by atoms with van der Waals surface area (Å²) < 4.78 is 39.3. The van der Waals surface area contributed by atoms with Gasteiger partial charge in [0.2, 0.25) is 0 Å². The topological polar surface area (TPSA) is 83.5 Å². The van der Waals surface area contributed by atoms with Crippen molar-refractivity contribution in [3.05, 3.63) is 47.1 Å². The van der Waals surface area contributed by atoms with Crippen LogP contribution in [0.1, 0.15) is 4.88 Å². The van der Waals surface area contributed by atoms with E-state index in [1.165, 1.54) is 30.3 Å². The monoisotopic (exact) mass is 315 g/mol. The molecule has 0 aliphatic carbocycles. The molecule has 5 nitrogen and oxygen atoms in total. The molecule has 1 heterocycles. The molecule has 1 aromatic carbocycles. The smallest absolute Gasteiger partial charge is 0.308 e. The number of aliphatic carboxylic acids is 1. The number of rotatable bonds is 5. The van der Waals surface area contributed by atoms with Crippen molar-refractivity contribution in [1.29, 1.82) is 0 Å². The Bertz CT molecular complexity index is 739. The molecule has 8 heteroatoms. The number of sulfonamides is 1. The number of carboxylic acid groups (broad SMARTS) is 1. The zero-order valence-corrected chi connectivity index (χ0v) is 11.7. The summed E-state index contributed by atoms with van der Waals surface area (Å²) in [6.45, 7) is 0. The predicted octanol–water partition coefficient (Wildman–Crippen LogP) is 2.32. The first-order valence-electron chi connectivity index (χ1n) is 5.46. The fourth-order valence-electron chi connectivity index (χ4n) is 1.50. The van der Waals surface area contributed by atoms with E-state index < -0.39 is 21.8 Å². The molecule has 0 amide bonds. The number of anilines is 1. The first-order valence-corrected chi connectivity index (χ1v) is 7.76. The van der Waals surface area contributed by atoms with Gasteiger partial charge in [0.15, 0.2) is 0 Å². The van der Waals surface area contributed by atoms with Crippen LogP contribution in [-0.2, 0) is 21.2 Å². The second-order valence-corrected chi connectivity index (χ2v) is 6.98. The molecule has 0 atom stereocenters. The molecule has 0 aliphatic rings. The van der Waals surface area contributed by atoms with Crippen LogP contribution in [-0.4, -0.2) is 19.5 Å². The molecule has 0 aliphatic heterocycles. The van der Waals surface area contributed by atoms with Gasteiger partial charge in [-0.05, 0) is 30.3 Å². The lowest BCUT2D eigenvalue weighted by molar-refractivity contribution is -0.136. The normalized spacial score (nSPS) is 11.2. The van der Waals surface area contributed by atoms with Crippen molar-refractivity contribution in [3.63, 3.8) is 0 Å². The van der Waals surface area contributed by atoms with Crippen LogP contribution in [0.15, 0.2) is 40.6 Å². The summed E-state index contributed by atoms with van der Waals surface area (Å²) in [5.41, 5.74) is 0.109. The maximum absolute atomic E-state index is 13.0. The Hall–Kier alpha value is -1.93. The second kappa shape index (κ2) is 5.59. The van der Waals surface area contributed by atoms with E-state index >= 15 is 0 Å². The van der Waals surface area contributed by atoms with Crippen LogP contribution in [0.2, 0.25) is 0 Å². The van der Waals surface area contributed by atoms with Gasteiger partial charge in [0, 0.05) is 4.88 Å². The van der Waals surface area contributed by atoms with Gasteiger partial charge in [0.1, 0.15) is 10.0 Å². The summed E-state index contributed by atoms with van der Waals surface area (Å²) in [7, 11) is -3.84. The number of carbonyl (C=O) groups is 1. The van der Waals surface area contributed by atoms with Gasteiger partial charge < -0.3 is 5.11 Å². The predicted molar refractivity (Wildman–Crippen MR) is 72.9 cm³/mol. The molecule has 106 valence electrons. The number of thiophene rings is 1. The van der Waals surface area contributed by atoms with Crippen molar-refractivity contribution >= 4 is 33.0 Å². The van der Waals surface area contributed by atoms with Crippen molar-refractivity contribution in [1.82, 2.24) is 0 Å². The van der Waals surface area contributed by atoms with Crippen LogP contribution in [0.25, 0.3) is 0 Å². The third-order valence-electron chi connectivity index (χ3n) is 2.30. The highest BCUT2D eigenvalue weighted by Crippen LogP contribution is 2.24. The lowest BCUT2D eigenvalue weighted by Crippen LogP contribution is -2.11. The number of halogens is 1. The van der Waals surface area contributed by atoms with Gasteiger partial charge in [0.05, 0.1) is 12.1 Å². The molecule has 0 fully saturated rings. The summed E-state index contributed by atoms with van der Waals surface area (Å²) in [6, 6.07) is 7.84. The van der Waals surface area contributed by atoms with Gasteiger partial charge >= 0.3 is 5.97 Å². The molecule has 2 N–H and O–H groups in total. The van der Waals surface area contributed by atoms with Gasteiger partial charge in [-0.15, -0.1) is 11.3 Å². The maximum Gasteiger partial charge on any atom is 0.308 e. The SMILES string of the molecule is O=C(O)Cc1ccc(S(=O)(=O)Nc2cccc(F)c2)s1. The Morgan fingerprint density at radius 2 is 2.05 bits per heavy atom. The largest absolute Gasteiger partial charge is 0.481 e. The molecular formula is C12H10FNO4S2. The summed E-state index contributed by atoms with van der Waals surface area (Å²) >= 11 is 0.867. The maximum atomic E-state index is 13.0. The molecule has 2 rings (SSSR count). The van der Waals surface area contributed by atoms with E-state index in [2.05, 4.69) is 4.72 Å². The van der Waals surface area contributed by atoms with E-state index in [4.69, 9.17) is 5.11 Å². The van der Waals surface area contributed by atoms with E-state index in [0.29, 0.717) is 4.88 Å². The summed E-state index contributed by atoms with van der Waals surface area (Å²) in [4.78, 5) is 11.0. The summed E-state index contributed by atoms with van der Waals surface area (Å²) in [5.74, 6) is -1.59. The Balaban J connectivity index is 2.22. The van der Waals surface area contributed by atoms with E-state index in [-0.39, 0.29) is 16.3 Å². The molecule has 0 spiro atoms. The zero-order valence-electron chi connectivity index (χ0n) is 10.0. The van der Waals surface area contributed by atoms with E-state index in [9.17, 15) is 17.6 Å². The van der Waals surface area contributed by atoms with Crippen LogP contribution >= 0.6 is 11.3 Å². The summed E-state index contributed by atoms with van der Waals surface area (Å²) in [5, 5.41) is 8.64. The minimum atomic E-state index is -3.84. The average molecular weight is 315 g/mol. The highest BCUT2D eigenvalue weighted by molar-refractivity contribution is 7.94. The minimum absolute atomic E-state index is 0.0157. The van der Waals surface area contributed by atoms with Crippen LogP contribution < -0.4 is 4.72 Å². The Kier molecular flexibility index (Phi) is 4.05. The number of carboxylic acids is 1. The molecule has 1 aromatic heterocycles. The van der Waals surface area contributed by atoms with Crippen molar-refractivity contribution in [3.8, 4) is 0 Å². The van der Waals surface area contributed by atoms with Crippen molar-refractivity contribution in [2.24, 2.45) is 0 Å². The van der Waals surface area contributed by atoms with E-state index in [0.717, 1.165) is 17.4 Å². The molecule has 20 heavy (non-hydrogen) atoms. The number of hydrogen-bond donors (Lipinski definition) is 2. The van der Waals surface area contributed by atoms with Crippen molar-refractivity contribution in [2.75, 3.05) is 4.72 Å². The number of hydrogen-bond acceptors (Lipinski definition) is 4. The lowest BCUT2D eigenvalue weighted by Gasteiger charge is -2.05. The molecule has 2 aromatic rings.